The molecule has 0 saturated carbocycles. The van der Waals surface area contributed by atoms with Gasteiger partial charge in [-0.1, -0.05) is 194 Å². The van der Waals surface area contributed by atoms with Crippen molar-refractivity contribution in [1.29, 1.82) is 5.26 Å². The van der Waals surface area contributed by atoms with Gasteiger partial charge in [0.05, 0.1) is 33.3 Å². The SMILES string of the molecule is N#Cc1c(-c2ccccc2)c(-c2ccccc2)c(-c2ccccc2-n2c3ccccc3c3cc(-n4c5ccccc5c5ccccc54)ccc32)c(-c2ccccc2)c1-c1ccccc1. The third-order valence-electron chi connectivity index (χ3n) is 12.8. The van der Waals surface area contributed by atoms with E-state index >= 15 is 0 Å². The molecule has 0 radical (unpaired) electrons. The first-order valence-corrected chi connectivity index (χ1v) is 21.8. The van der Waals surface area contributed by atoms with Crippen molar-refractivity contribution in [3.8, 4) is 73.1 Å². The van der Waals surface area contributed by atoms with Gasteiger partial charge < -0.3 is 9.13 Å². The van der Waals surface area contributed by atoms with E-state index in [0.717, 1.165) is 78.0 Å². The van der Waals surface area contributed by atoms with Crippen LogP contribution in [0.1, 0.15) is 5.56 Å². The van der Waals surface area contributed by atoms with Crippen LogP contribution in [0.3, 0.4) is 0 Å². The molecule has 0 aliphatic heterocycles. The highest BCUT2D eigenvalue weighted by molar-refractivity contribution is 6.15. The molecule has 10 aromatic carbocycles. The largest absolute Gasteiger partial charge is 0.309 e. The van der Waals surface area contributed by atoms with Gasteiger partial charge in [-0.05, 0) is 75.8 Å². The molecule has 64 heavy (non-hydrogen) atoms. The van der Waals surface area contributed by atoms with E-state index in [9.17, 15) is 5.26 Å². The summed E-state index contributed by atoms with van der Waals surface area (Å²) in [7, 11) is 0. The van der Waals surface area contributed by atoms with E-state index in [2.05, 4.69) is 240 Å². The number of fused-ring (bicyclic) bond motifs is 6. The van der Waals surface area contributed by atoms with E-state index in [4.69, 9.17) is 0 Å². The number of hydrogen-bond acceptors (Lipinski definition) is 1. The highest BCUT2D eigenvalue weighted by atomic mass is 15.0. The molecule has 2 aromatic heterocycles. The molecule has 12 aromatic rings. The van der Waals surface area contributed by atoms with Gasteiger partial charge >= 0.3 is 0 Å². The molecule has 0 saturated heterocycles. The van der Waals surface area contributed by atoms with Crippen molar-refractivity contribution < 1.29 is 0 Å². The minimum absolute atomic E-state index is 0.644. The molecule has 0 aliphatic rings. The van der Waals surface area contributed by atoms with E-state index < -0.39 is 0 Å². The Balaban J connectivity index is 1.23. The maximum atomic E-state index is 11.5. The fourth-order valence-corrected chi connectivity index (χ4v) is 10.1. The predicted molar refractivity (Wildman–Crippen MR) is 267 cm³/mol. The topological polar surface area (TPSA) is 33.6 Å². The molecule has 0 atom stereocenters. The quantitative estimate of drug-likeness (QED) is 0.158. The molecule has 0 spiro atoms. The van der Waals surface area contributed by atoms with Gasteiger partial charge in [0.25, 0.3) is 0 Å². The van der Waals surface area contributed by atoms with Crippen molar-refractivity contribution in [1.82, 2.24) is 9.13 Å². The lowest BCUT2D eigenvalue weighted by Gasteiger charge is -2.27. The summed E-state index contributed by atoms with van der Waals surface area (Å²) in [5, 5.41) is 16.4. The second kappa shape index (κ2) is 15.3. The van der Waals surface area contributed by atoms with E-state index in [1.54, 1.807) is 0 Å². The van der Waals surface area contributed by atoms with Crippen LogP contribution in [-0.2, 0) is 0 Å². The fraction of sp³-hybridized carbons (Fsp3) is 0. The molecule has 0 unspecified atom stereocenters. The zero-order chi connectivity index (χ0) is 42.6. The van der Waals surface area contributed by atoms with Crippen molar-refractivity contribution in [3.05, 3.63) is 242 Å². The van der Waals surface area contributed by atoms with Crippen LogP contribution in [0.4, 0.5) is 0 Å². The smallest absolute Gasteiger partial charge is 0.100 e. The summed E-state index contributed by atoms with van der Waals surface area (Å²) < 4.78 is 4.84. The van der Waals surface area contributed by atoms with E-state index in [1.165, 1.54) is 32.6 Å². The van der Waals surface area contributed by atoms with Crippen LogP contribution in [0, 0.1) is 11.3 Å². The summed E-state index contributed by atoms with van der Waals surface area (Å²) in [6.45, 7) is 0. The normalized spacial score (nSPS) is 11.4. The number of nitriles is 1. The second-order valence-electron chi connectivity index (χ2n) is 16.3. The van der Waals surface area contributed by atoms with Gasteiger partial charge in [-0.25, -0.2) is 0 Å². The van der Waals surface area contributed by atoms with Gasteiger partial charge in [0.15, 0.2) is 0 Å². The minimum Gasteiger partial charge on any atom is -0.309 e. The number of benzene rings is 10. The number of rotatable bonds is 7. The molecule has 12 rings (SSSR count). The Hall–Kier alpha value is -8.71. The van der Waals surface area contributed by atoms with Gasteiger partial charge in [0.2, 0.25) is 0 Å². The Morgan fingerprint density at radius 3 is 1.16 bits per heavy atom. The Kier molecular flexibility index (Phi) is 8.88. The van der Waals surface area contributed by atoms with Crippen molar-refractivity contribution >= 4 is 43.6 Å². The zero-order valence-corrected chi connectivity index (χ0v) is 34.9. The molecular weight excluding hydrogens is 775 g/mol. The lowest BCUT2D eigenvalue weighted by Crippen LogP contribution is -2.04. The Morgan fingerprint density at radius 2 is 0.672 bits per heavy atom. The highest BCUT2D eigenvalue weighted by Gasteiger charge is 2.30. The number of para-hydroxylation sites is 4. The van der Waals surface area contributed by atoms with Crippen molar-refractivity contribution in [2.75, 3.05) is 0 Å². The molecular formula is C61H39N3. The monoisotopic (exact) mass is 813 g/mol. The van der Waals surface area contributed by atoms with Gasteiger partial charge in [-0.2, -0.15) is 5.26 Å². The first-order chi connectivity index (χ1) is 31.8. The first kappa shape index (κ1) is 37.1. The van der Waals surface area contributed by atoms with Gasteiger partial charge in [-0.15, -0.1) is 0 Å². The van der Waals surface area contributed by atoms with Crippen LogP contribution in [0.25, 0.3) is 111 Å². The molecule has 0 aliphatic carbocycles. The van der Waals surface area contributed by atoms with E-state index in [1.807, 2.05) is 12.1 Å². The molecule has 2 heterocycles. The molecule has 3 nitrogen and oxygen atoms in total. The van der Waals surface area contributed by atoms with Crippen LogP contribution in [-0.4, -0.2) is 9.13 Å². The third kappa shape index (κ3) is 5.82. The van der Waals surface area contributed by atoms with Crippen molar-refractivity contribution in [2.45, 2.75) is 0 Å². The highest BCUT2D eigenvalue weighted by Crippen LogP contribution is 2.54. The lowest BCUT2D eigenvalue weighted by atomic mass is 9.75. The summed E-state index contributed by atoms with van der Waals surface area (Å²) in [4.78, 5) is 0. The standard InChI is InChI=1S/C61H39N3/c62-40-51-57(41-21-5-1-6-22-41)59(43-25-9-3-10-26-43)61(60(44-27-11-4-12-28-44)58(51)42-23-7-2-8-24-42)49-32-16-20-36-55(49)64-54-35-19-15-31-48(54)50-39-45(37-38-56(50)64)63-52-33-17-13-29-46(52)47-30-14-18-34-53(47)63/h1-39H. The number of aromatic nitrogens is 2. The Morgan fingerprint density at radius 1 is 0.297 bits per heavy atom. The summed E-state index contributed by atoms with van der Waals surface area (Å²) in [5.41, 5.74) is 17.5. The number of hydrogen-bond donors (Lipinski definition) is 0. The van der Waals surface area contributed by atoms with Crippen molar-refractivity contribution in [3.63, 3.8) is 0 Å². The predicted octanol–water partition coefficient (Wildman–Crippen LogP) is 16.1. The Labute approximate surface area is 371 Å². The number of nitrogens with zero attached hydrogens (tertiary/aromatic N) is 3. The summed E-state index contributed by atoms with van der Waals surface area (Å²) in [6, 6.07) is 86.8. The van der Waals surface area contributed by atoms with Gasteiger partial charge in [-0.3, -0.25) is 0 Å². The van der Waals surface area contributed by atoms with Gasteiger partial charge in [0, 0.05) is 49.5 Å². The zero-order valence-electron chi connectivity index (χ0n) is 34.9. The summed E-state index contributed by atoms with van der Waals surface area (Å²) in [5.74, 6) is 0. The maximum Gasteiger partial charge on any atom is 0.100 e. The molecule has 3 heteroatoms. The average Bonchev–Trinajstić information content (AvgIpc) is 3.89. The fourth-order valence-electron chi connectivity index (χ4n) is 10.1. The van der Waals surface area contributed by atoms with Crippen molar-refractivity contribution in [2.24, 2.45) is 0 Å². The summed E-state index contributed by atoms with van der Waals surface area (Å²) in [6.07, 6.45) is 0. The first-order valence-electron chi connectivity index (χ1n) is 21.8. The molecule has 298 valence electrons. The van der Waals surface area contributed by atoms with Crippen LogP contribution in [0.5, 0.6) is 0 Å². The maximum absolute atomic E-state index is 11.5. The molecule has 0 N–H and O–H groups in total. The van der Waals surface area contributed by atoms with Gasteiger partial charge in [0.1, 0.15) is 6.07 Å². The molecule has 0 fully saturated rings. The molecule has 0 amide bonds. The van der Waals surface area contributed by atoms with Crippen LogP contribution in [0.15, 0.2) is 237 Å². The average molecular weight is 814 g/mol. The van der Waals surface area contributed by atoms with E-state index in [0.29, 0.717) is 5.56 Å². The second-order valence-corrected chi connectivity index (χ2v) is 16.3. The molecule has 0 bridgehead atoms. The summed E-state index contributed by atoms with van der Waals surface area (Å²) >= 11 is 0. The minimum atomic E-state index is 0.644. The van der Waals surface area contributed by atoms with E-state index in [-0.39, 0.29) is 0 Å². The third-order valence-corrected chi connectivity index (χ3v) is 12.8. The van der Waals surface area contributed by atoms with Crippen LogP contribution >= 0.6 is 0 Å². The van der Waals surface area contributed by atoms with Crippen LogP contribution in [0.2, 0.25) is 0 Å². The van der Waals surface area contributed by atoms with Crippen LogP contribution < -0.4 is 0 Å². The lowest BCUT2D eigenvalue weighted by molar-refractivity contribution is 1.17. The Bertz CT molecular complexity index is 3600.